The molecule has 3 atom stereocenters. The van der Waals surface area contributed by atoms with E-state index < -0.39 is 12.1 Å². The number of carboxylic acids is 1. The first-order valence-electron chi connectivity index (χ1n) is 9.43. The summed E-state index contributed by atoms with van der Waals surface area (Å²) in [6, 6.07) is 0. The van der Waals surface area contributed by atoms with Crippen LogP contribution in [0.25, 0.3) is 0 Å². The van der Waals surface area contributed by atoms with Gasteiger partial charge in [0, 0.05) is 58.0 Å². The number of halogens is 3. The number of fused-ring (bicyclic) bond motifs is 1. The van der Waals surface area contributed by atoms with Gasteiger partial charge in [-0.25, -0.2) is 4.79 Å². The van der Waals surface area contributed by atoms with Gasteiger partial charge in [0.2, 0.25) is 5.91 Å². The molecule has 10 heteroatoms. The Labute approximate surface area is 161 Å². The second-order valence-corrected chi connectivity index (χ2v) is 7.80. The highest BCUT2D eigenvalue weighted by molar-refractivity contribution is 5.77. The molecule has 156 valence electrons. The summed E-state index contributed by atoms with van der Waals surface area (Å²) in [6.45, 7) is 5.32. The fraction of sp³-hybridized carbons (Fsp3) is 0.722. The van der Waals surface area contributed by atoms with Gasteiger partial charge in [-0.2, -0.15) is 18.3 Å². The smallest absolute Gasteiger partial charge is 0.475 e. The largest absolute Gasteiger partial charge is 0.490 e. The van der Waals surface area contributed by atoms with E-state index in [-0.39, 0.29) is 0 Å². The third kappa shape index (κ3) is 5.03. The van der Waals surface area contributed by atoms with Crippen LogP contribution in [-0.4, -0.2) is 68.9 Å². The first-order valence-corrected chi connectivity index (χ1v) is 9.43. The summed E-state index contributed by atoms with van der Waals surface area (Å²) >= 11 is 0. The van der Waals surface area contributed by atoms with Crippen molar-refractivity contribution < 1.29 is 27.9 Å². The quantitative estimate of drug-likeness (QED) is 0.830. The van der Waals surface area contributed by atoms with Crippen molar-refractivity contribution in [2.24, 2.45) is 24.8 Å². The van der Waals surface area contributed by atoms with Crippen LogP contribution in [0.15, 0.2) is 12.4 Å². The lowest BCUT2D eigenvalue weighted by molar-refractivity contribution is -0.192. The van der Waals surface area contributed by atoms with Crippen LogP contribution in [0.5, 0.6) is 0 Å². The number of hydrogen-bond acceptors (Lipinski definition) is 4. The number of aliphatic carboxylic acids is 1. The molecular formula is C18H25F3N4O3. The first kappa shape index (κ1) is 20.6. The van der Waals surface area contributed by atoms with Crippen molar-refractivity contribution in [1.29, 1.82) is 0 Å². The van der Waals surface area contributed by atoms with Gasteiger partial charge in [-0.1, -0.05) is 0 Å². The van der Waals surface area contributed by atoms with Crippen LogP contribution in [0, 0.1) is 17.8 Å². The number of carbonyl (C=O) groups excluding carboxylic acids is 1. The minimum absolute atomic E-state index is 0.408. The molecule has 1 aliphatic carbocycles. The van der Waals surface area contributed by atoms with Crippen LogP contribution >= 0.6 is 0 Å². The number of likely N-dealkylation sites (tertiary alicyclic amines) is 2. The van der Waals surface area contributed by atoms with Gasteiger partial charge in [-0.05, 0) is 30.6 Å². The summed E-state index contributed by atoms with van der Waals surface area (Å²) in [5.41, 5.74) is 1.29. The first-order chi connectivity index (χ1) is 13.1. The van der Waals surface area contributed by atoms with E-state index in [1.165, 1.54) is 18.4 Å². The molecule has 3 fully saturated rings. The maximum Gasteiger partial charge on any atom is 0.490 e. The lowest BCUT2D eigenvalue weighted by Crippen LogP contribution is -2.30. The average Bonchev–Trinajstić information content (AvgIpc) is 3.12. The van der Waals surface area contributed by atoms with E-state index in [2.05, 4.69) is 21.1 Å². The molecule has 2 aliphatic heterocycles. The number of nitrogens with zero attached hydrogens (tertiary/aromatic N) is 4. The zero-order chi connectivity index (χ0) is 20.5. The van der Waals surface area contributed by atoms with Gasteiger partial charge in [0.25, 0.3) is 0 Å². The summed E-state index contributed by atoms with van der Waals surface area (Å²) in [6.07, 6.45) is 2.16. The second kappa shape index (κ2) is 8.10. The van der Waals surface area contributed by atoms with Gasteiger partial charge < -0.3 is 10.0 Å². The molecule has 28 heavy (non-hydrogen) atoms. The van der Waals surface area contributed by atoms with Crippen LogP contribution < -0.4 is 0 Å². The number of carbonyl (C=O) groups is 2. The fourth-order valence-electron chi connectivity index (χ4n) is 4.28. The minimum atomic E-state index is -5.08. The minimum Gasteiger partial charge on any atom is -0.475 e. The fourth-order valence-corrected chi connectivity index (χ4v) is 4.28. The Kier molecular flexibility index (Phi) is 5.97. The zero-order valence-corrected chi connectivity index (χ0v) is 15.7. The van der Waals surface area contributed by atoms with E-state index in [1.807, 2.05) is 17.9 Å². The molecular weight excluding hydrogens is 377 g/mol. The Hall–Kier alpha value is -2.10. The summed E-state index contributed by atoms with van der Waals surface area (Å²) in [5, 5.41) is 11.4. The number of hydrogen-bond donors (Lipinski definition) is 1. The number of amides is 1. The van der Waals surface area contributed by atoms with Crippen LogP contribution in [0.1, 0.15) is 24.8 Å². The van der Waals surface area contributed by atoms with Crippen molar-refractivity contribution in [3.8, 4) is 0 Å². The Morgan fingerprint density at radius 2 is 1.79 bits per heavy atom. The second-order valence-electron chi connectivity index (χ2n) is 7.80. The van der Waals surface area contributed by atoms with Crippen molar-refractivity contribution in [2.45, 2.75) is 32.0 Å². The van der Waals surface area contributed by atoms with E-state index >= 15 is 0 Å². The standard InChI is InChI=1S/C16H24N4O.C2HF3O2/c1-18-8-12(7-17-18)9-19-10-14-13(15(14)11-19)6-16(21)20-4-2-3-5-20;3-2(4,5)1(6)7/h7-8,13-15H,2-6,9-11H2,1H3;(H,6,7)/t13?,14-,15+;. The molecule has 2 saturated heterocycles. The van der Waals surface area contributed by atoms with E-state index in [0.717, 1.165) is 51.0 Å². The summed E-state index contributed by atoms with van der Waals surface area (Å²) < 4.78 is 33.6. The Balaban J connectivity index is 0.000000279. The van der Waals surface area contributed by atoms with Crippen molar-refractivity contribution in [1.82, 2.24) is 19.6 Å². The summed E-state index contributed by atoms with van der Waals surface area (Å²) in [4.78, 5) is 25.7. The molecule has 0 spiro atoms. The van der Waals surface area contributed by atoms with Crippen molar-refractivity contribution >= 4 is 11.9 Å². The number of rotatable bonds is 4. The zero-order valence-electron chi connectivity index (χ0n) is 15.7. The molecule has 0 bridgehead atoms. The molecule has 0 radical (unpaired) electrons. The van der Waals surface area contributed by atoms with Crippen molar-refractivity contribution in [3.63, 3.8) is 0 Å². The number of alkyl halides is 3. The van der Waals surface area contributed by atoms with Gasteiger partial charge in [0.15, 0.2) is 0 Å². The maximum atomic E-state index is 12.2. The van der Waals surface area contributed by atoms with Gasteiger partial charge in [0.1, 0.15) is 0 Å². The molecule has 1 amide bonds. The highest BCUT2D eigenvalue weighted by Gasteiger charge is 2.55. The topological polar surface area (TPSA) is 78.7 Å². The third-order valence-electron chi connectivity index (χ3n) is 5.72. The van der Waals surface area contributed by atoms with Crippen LogP contribution in [0.2, 0.25) is 0 Å². The van der Waals surface area contributed by atoms with Crippen molar-refractivity contribution in [2.75, 3.05) is 26.2 Å². The molecule has 3 heterocycles. The number of piperidine rings is 1. The Morgan fingerprint density at radius 3 is 2.25 bits per heavy atom. The van der Waals surface area contributed by atoms with Gasteiger partial charge in [-0.3, -0.25) is 14.4 Å². The van der Waals surface area contributed by atoms with Crippen molar-refractivity contribution in [3.05, 3.63) is 18.0 Å². The van der Waals surface area contributed by atoms with E-state index in [0.29, 0.717) is 11.8 Å². The number of carboxylic acid groups (broad SMARTS) is 1. The highest BCUT2D eigenvalue weighted by Crippen LogP contribution is 2.54. The number of aromatic nitrogens is 2. The van der Waals surface area contributed by atoms with Gasteiger partial charge in [0.05, 0.1) is 6.20 Å². The van der Waals surface area contributed by atoms with Crippen LogP contribution in [0.3, 0.4) is 0 Å². The average molecular weight is 402 g/mol. The van der Waals surface area contributed by atoms with E-state index in [1.54, 1.807) is 0 Å². The predicted octanol–water partition coefficient (Wildman–Crippen LogP) is 1.74. The lowest BCUT2D eigenvalue weighted by atomic mass is 10.1. The summed E-state index contributed by atoms with van der Waals surface area (Å²) in [7, 11) is 1.96. The SMILES string of the molecule is Cn1cc(CN2C[C@@H]3C(CC(=O)N4CCCC4)[C@@H]3C2)cn1.O=C(O)C(F)(F)F. The molecule has 7 nitrogen and oxygen atoms in total. The van der Waals surface area contributed by atoms with Gasteiger partial charge in [-0.15, -0.1) is 0 Å². The molecule has 3 aliphatic rings. The molecule has 1 aromatic heterocycles. The van der Waals surface area contributed by atoms with E-state index in [9.17, 15) is 18.0 Å². The molecule has 0 aromatic carbocycles. The van der Waals surface area contributed by atoms with Crippen LogP contribution in [0.4, 0.5) is 13.2 Å². The Bertz CT molecular complexity index is 703. The monoisotopic (exact) mass is 402 g/mol. The highest BCUT2D eigenvalue weighted by atomic mass is 19.4. The predicted molar refractivity (Wildman–Crippen MR) is 93.1 cm³/mol. The molecule has 1 saturated carbocycles. The maximum absolute atomic E-state index is 12.2. The normalized spacial score (nSPS) is 26.6. The molecule has 1 unspecified atom stereocenters. The van der Waals surface area contributed by atoms with E-state index in [4.69, 9.17) is 9.90 Å². The molecule has 4 rings (SSSR count). The number of aryl methyl sites for hydroxylation is 1. The lowest BCUT2D eigenvalue weighted by Gasteiger charge is -2.20. The molecule has 1 N–H and O–H groups in total. The van der Waals surface area contributed by atoms with Crippen LogP contribution in [-0.2, 0) is 23.2 Å². The van der Waals surface area contributed by atoms with Gasteiger partial charge >= 0.3 is 12.1 Å². The summed E-state index contributed by atoms with van der Waals surface area (Å²) in [5.74, 6) is -0.136. The molecule has 1 aromatic rings. The third-order valence-corrected chi connectivity index (χ3v) is 5.72. The Morgan fingerprint density at radius 1 is 1.21 bits per heavy atom.